The summed E-state index contributed by atoms with van der Waals surface area (Å²) in [5.74, 6) is 0.967. The van der Waals surface area contributed by atoms with E-state index in [9.17, 15) is 0 Å². The highest BCUT2D eigenvalue weighted by atomic mass is 16.5. The third kappa shape index (κ3) is 13.2. The fourth-order valence-corrected chi connectivity index (χ4v) is 3.38. The van der Waals surface area contributed by atoms with Crippen molar-refractivity contribution >= 4 is 0 Å². The number of rotatable bonds is 18. The van der Waals surface area contributed by atoms with Crippen molar-refractivity contribution in [3.05, 3.63) is 29.8 Å². The van der Waals surface area contributed by atoms with Crippen molar-refractivity contribution in [1.29, 1.82) is 0 Å². The number of benzene rings is 1. The van der Waals surface area contributed by atoms with Gasteiger partial charge in [0.1, 0.15) is 5.75 Å². The van der Waals surface area contributed by atoms with E-state index in [1.54, 1.807) is 7.11 Å². The Labute approximate surface area is 162 Å². The van der Waals surface area contributed by atoms with Crippen LogP contribution < -0.4 is 4.74 Å². The largest absolute Gasteiger partial charge is 0.494 e. The Hall–Kier alpha value is -1.02. The van der Waals surface area contributed by atoms with Crippen LogP contribution in [0.15, 0.2) is 24.3 Å². The van der Waals surface area contributed by atoms with E-state index in [2.05, 4.69) is 19.1 Å². The SMILES string of the molecule is CCCCCCCCCCCCCCCCOc1cccc(COC)c1. The molecule has 0 saturated carbocycles. The number of ether oxygens (including phenoxy) is 2. The minimum atomic E-state index is 0.649. The summed E-state index contributed by atoms with van der Waals surface area (Å²) >= 11 is 0. The molecule has 150 valence electrons. The molecule has 0 radical (unpaired) electrons. The van der Waals surface area contributed by atoms with Crippen LogP contribution in [0.2, 0.25) is 0 Å². The van der Waals surface area contributed by atoms with Crippen LogP contribution >= 0.6 is 0 Å². The lowest BCUT2D eigenvalue weighted by Gasteiger charge is -2.08. The van der Waals surface area contributed by atoms with Crippen LogP contribution in [0.3, 0.4) is 0 Å². The molecule has 26 heavy (non-hydrogen) atoms. The molecule has 0 N–H and O–H groups in total. The average molecular weight is 363 g/mol. The van der Waals surface area contributed by atoms with Crippen molar-refractivity contribution in [3.63, 3.8) is 0 Å². The van der Waals surface area contributed by atoms with Crippen molar-refractivity contribution in [1.82, 2.24) is 0 Å². The Balaban J connectivity index is 1.83. The minimum Gasteiger partial charge on any atom is -0.494 e. The maximum absolute atomic E-state index is 5.84. The third-order valence-electron chi connectivity index (χ3n) is 4.98. The van der Waals surface area contributed by atoms with Gasteiger partial charge in [0.25, 0.3) is 0 Å². The van der Waals surface area contributed by atoms with Gasteiger partial charge in [-0.1, -0.05) is 103 Å². The molecule has 0 atom stereocenters. The fourth-order valence-electron chi connectivity index (χ4n) is 3.38. The van der Waals surface area contributed by atoms with Gasteiger partial charge in [0.15, 0.2) is 0 Å². The van der Waals surface area contributed by atoms with E-state index >= 15 is 0 Å². The summed E-state index contributed by atoms with van der Waals surface area (Å²) in [5.41, 5.74) is 1.17. The number of hydrogen-bond donors (Lipinski definition) is 0. The van der Waals surface area contributed by atoms with Gasteiger partial charge in [-0.25, -0.2) is 0 Å². The molecule has 2 heteroatoms. The minimum absolute atomic E-state index is 0.649. The van der Waals surface area contributed by atoms with Gasteiger partial charge in [0.2, 0.25) is 0 Å². The first-order chi connectivity index (χ1) is 12.9. The highest BCUT2D eigenvalue weighted by Gasteiger charge is 1.98. The van der Waals surface area contributed by atoms with Crippen molar-refractivity contribution < 1.29 is 9.47 Å². The van der Waals surface area contributed by atoms with Gasteiger partial charge in [-0.2, -0.15) is 0 Å². The molecule has 0 aliphatic rings. The Bertz CT molecular complexity index is 416. The van der Waals surface area contributed by atoms with Crippen molar-refractivity contribution in [2.75, 3.05) is 13.7 Å². The molecular weight excluding hydrogens is 320 g/mol. The van der Waals surface area contributed by atoms with Gasteiger partial charge >= 0.3 is 0 Å². The summed E-state index contributed by atoms with van der Waals surface area (Å²) in [6, 6.07) is 8.22. The third-order valence-corrected chi connectivity index (χ3v) is 4.98. The second-order valence-corrected chi connectivity index (χ2v) is 7.53. The standard InChI is InChI=1S/C24H42O2/c1-3-4-5-6-7-8-9-10-11-12-13-14-15-16-20-26-24-19-17-18-23(21-24)22-25-2/h17-19,21H,3-16,20,22H2,1-2H3. The van der Waals surface area contributed by atoms with Crippen LogP contribution in [0.1, 0.15) is 102 Å². The molecule has 1 aromatic rings. The quantitative estimate of drug-likeness (QED) is 0.249. The number of hydrogen-bond acceptors (Lipinski definition) is 2. The van der Waals surface area contributed by atoms with E-state index < -0.39 is 0 Å². The summed E-state index contributed by atoms with van der Waals surface area (Å²) in [5, 5.41) is 0. The van der Waals surface area contributed by atoms with Gasteiger partial charge < -0.3 is 9.47 Å². The molecule has 0 spiro atoms. The van der Waals surface area contributed by atoms with Gasteiger partial charge in [-0.15, -0.1) is 0 Å². The topological polar surface area (TPSA) is 18.5 Å². The van der Waals surface area contributed by atoms with Crippen LogP contribution in [0.5, 0.6) is 5.75 Å². The van der Waals surface area contributed by atoms with Crippen molar-refractivity contribution in [2.45, 2.75) is 103 Å². The maximum Gasteiger partial charge on any atom is 0.119 e. The zero-order valence-corrected chi connectivity index (χ0v) is 17.4. The van der Waals surface area contributed by atoms with E-state index in [4.69, 9.17) is 9.47 Å². The molecule has 1 aromatic carbocycles. The fraction of sp³-hybridized carbons (Fsp3) is 0.750. The van der Waals surface area contributed by atoms with Crippen LogP contribution in [0.25, 0.3) is 0 Å². The zero-order chi connectivity index (χ0) is 18.7. The van der Waals surface area contributed by atoms with Gasteiger partial charge in [0, 0.05) is 7.11 Å². The second-order valence-electron chi connectivity index (χ2n) is 7.53. The molecule has 1 rings (SSSR count). The number of unbranched alkanes of at least 4 members (excludes halogenated alkanes) is 13. The predicted octanol–water partition coefficient (Wildman–Crippen LogP) is 7.69. The predicted molar refractivity (Wildman–Crippen MR) is 113 cm³/mol. The Morgan fingerprint density at radius 3 is 1.77 bits per heavy atom. The maximum atomic E-state index is 5.84. The lowest BCUT2D eigenvalue weighted by Crippen LogP contribution is -1.98. The monoisotopic (exact) mass is 362 g/mol. The summed E-state index contributed by atoms with van der Waals surface area (Å²) in [6.45, 7) is 3.76. The summed E-state index contributed by atoms with van der Waals surface area (Å²) in [4.78, 5) is 0. The van der Waals surface area contributed by atoms with E-state index in [1.165, 1.54) is 89.0 Å². The van der Waals surface area contributed by atoms with E-state index in [0.717, 1.165) is 18.8 Å². The molecule has 2 nitrogen and oxygen atoms in total. The molecule has 0 unspecified atom stereocenters. The van der Waals surface area contributed by atoms with Crippen LogP contribution in [-0.2, 0) is 11.3 Å². The first kappa shape index (κ1) is 23.0. The first-order valence-electron chi connectivity index (χ1n) is 11.1. The van der Waals surface area contributed by atoms with Gasteiger partial charge in [-0.05, 0) is 24.1 Å². The summed E-state index contributed by atoms with van der Waals surface area (Å²) in [6.07, 6.45) is 19.5. The van der Waals surface area contributed by atoms with Crippen molar-refractivity contribution in [2.24, 2.45) is 0 Å². The zero-order valence-electron chi connectivity index (χ0n) is 17.4. The second kappa shape index (κ2) is 17.4. The van der Waals surface area contributed by atoms with Gasteiger partial charge in [0.05, 0.1) is 13.2 Å². The van der Waals surface area contributed by atoms with Crippen LogP contribution in [0.4, 0.5) is 0 Å². The summed E-state index contributed by atoms with van der Waals surface area (Å²) < 4.78 is 11.0. The Morgan fingerprint density at radius 2 is 1.23 bits per heavy atom. The highest BCUT2D eigenvalue weighted by Crippen LogP contribution is 2.15. The van der Waals surface area contributed by atoms with E-state index in [1.807, 2.05) is 12.1 Å². The van der Waals surface area contributed by atoms with E-state index in [-0.39, 0.29) is 0 Å². The Morgan fingerprint density at radius 1 is 0.692 bits per heavy atom. The van der Waals surface area contributed by atoms with Crippen LogP contribution in [0, 0.1) is 0 Å². The van der Waals surface area contributed by atoms with Crippen LogP contribution in [-0.4, -0.2) is 13.7 Å². The van der Waals surface area contributed by atoms with Gasteiger partial charge in [-0.3, -0.25) is 0 Å². The molecule has 0 aliphatic carbocycles. The van der Waals surface area contributed by atoms with Crippen molar-refractivity contribution in [3.8, 4) is 5.75 Å². The molecule has 0 amide bonds. The smallest absolute Gasteiger partial charge is 0.119 e. The molecule has 0 heterocycles. The molecule has 0 bridgehead atoms. The molecule has 0 aromatic heterocycles. The highest BCUT2D eigenvalue weighted by molar-refractivity contribution is 5.28. The normalized spacial score (nSPS) is 11.0. The lowest BCUT2D eigenvalue weighted by atomic mass is 10.0. The molecule has 0 saturated heterocycles. The van der Waals surface area contributed by atoms with E-state index in [0.29, 0.717) is 6.61 Å². The molecular formula is C24H42O2. The summed E-state index contributed by atoms with van der Waals surface area (Å²) in [7, 11) is 1.72. The average Bonchev–Trinajstić information content (AvgIpc) is 2.65. The molecule has 0 fully saturated rings. The lowest BCUT2D eigenvalue weighted by molar-refractivity contribution is 0.184. The Kier molecular flexibility index (Phi) is 15.4. The molecule has 0 aliphatic heterocycles. The first-order valence-corrected chi connectivity index (χ1v) is 11.1. The number of methoxy groups -OCH3 is 1.